The van der Waals surface area contributed by atoms with Gasteiger partial charge in [-0.2, -0.15) is 0 Å². The third kappa shape index (κ3) is 3.23. The molecule has 11 heteroatoms. The van der Waals surface area contributed by atoms with Crippen molar-refractivity contribution in [3.63, 3.8) is 0 Å². The van der Waals surface area contributed by atoms with Gasteiger partial charge in [-0.1, -0.05) is 0 Å². The smallest absolute Gasteiger partial charge is 0.224 e. The van der Waals surface area contributed by atoms with E-state index in [4.69, 9.17) is 24.4 Å². The Morgan fingerprint density at radius 2 is 1.39 bits per heavy atom. The number of hydrogen-bond donors (Lipinski definition) is 8. The van der Waals surface area contributed by atoms with Crippen molar-refractivity contribution in [2.75, 3.05) is 19.8 Å². The third-order valence-corrected chi connectivity index (χ3v) is 4.07. The molecule has 0 saturated carbocycles. The van der Waals surface area contributed by atoms with Crippen molar-refractivity contribution < 1.29 is 55.1 Å². The molecule has 23 heavy (non-hydrogen) atoms. The Labute approximate surface area is 130 Å². The zero-order chi connectivity index (χ0) is 17.4. The predicted octanol–water partition coefficient (Wildman–Crippen LogP) is -5.40. The lowest BCUT2D eigenvalue weighted by Gasteiger charge is -2.43. The summed E-state index contributed by atoms with van der Waals surface area (Å²) in [4.78, 5) is 0. The fourth-order valence-electron chi connectivity index (χ4n) is 2.63. The van der Waals surface area contributed by atoms with E-state index >= 15 is 0 Å². The summed E-state index contributed by atoms with van der Waals surface area (Å²) in [5.41, 5.74) is 0. The van der Waals surface area contributed by atoms with Crippen LogP contribution in [0, 0.1) is 0 Å². The van der Waals surface area contributed by atoms with Crippen LogP contribution in [0.5, 0.6) is 0 Å². The van der Waals surface area contributed by atoms with E-state index in [9.17, 15) is 30.6 Å². The SMILES string of the molecule is OC[C@H]1OC(O[C@@]2(CO)O[C@H](CO)[C@@H](O)[C@@H]2O)[C@H](O)[C@@H](O)[C@H]1O. The second-order valence-electron chi connectivity index (χ2n) is 5.56. The Hall–Kier alpha value is -0.440. The molecule has 2 heterocycles. The summed E-state index contributed by atoms with van der Waals surface area (Å²) < 4.78 is 15.4. The van der Waals surface area contributed by atoms with Gasteiger partial charge < -0.3 is 55.1 Å². The van der Waals surface area contributed by atoms with Gasteiger partial charge >= 0.3 is 0 Å². The van der Waals surface area contributed by atoms with Crippen LogP contribution in [0.4, 0.5) is 0 Å². The lowest BCUT2D eigenvalue weighted by Crippen LogP contribution is -2.62. The second kappa shape index (κ2) is 7.21. The predicted molar refractivity (Wildman–Crippen MR) is 68.6 cm³/mol. The minimum absolute atomic E-state index is 0.669. The first-order valence-electron chi connectivity index (χ1n) is 7.05. The van der Waals surface area contributed by atoms with Crippen LogP contribution in [0.25, 0.3) is 0 Å². The molecular weight excluding hydrogens is 320 g/mol. The molecule has 1 unspecified atom stereocenters. The first kappa shape index (κ1) is 18.9. The first-order valence-corrected chi connectivity index (χ1v) is 7.05. The van der Waals surface area contributed by atoms with Crippen LogP contribution in [0.1, 0.15) is 0 Å². The van der Waals surface area contributed by atoms with Crippen LogP contribution in [0.3, 0.4) is 0 Å². The highest BCUT2D eigenvalue weighted by Crippen LogP contribution is 2.35. The van der Waals surface area contributed by atoms with Gasteiger partial charge in [0.15, 0.2) is 6.29 Å². The summed E-state index contributed by atoms with van der Waals surface area (Å²) in [5.74, 6) is -2.22. The van der Waals surface area contributed by atoms with E-state index in [1.165, 1.54) is 0 Å². The molecule has 2 rings (SSSR count). The molecule has 11 nitrogen and oxygen atoms in total. The highest BCUT2D eigenvalue weighted by molar-refractivity contribution is 4.98. The summed E-state index contributed by atoms with van der Waals surface area (Å²) >= 11 is 0. The second-order valence-corrected chi connectivity index (χ2v) is 5.56. The van der Waals surface area contributed by atoms with Gasteiger partial charge in [-0.3, -0.25) is 0 Å². The lowest BCUT2D eigenvalue weighted by molar-refractivity contribution is -0.383. The topological polar surface area (TPSA) is 190 Å². The Bertz CT molecular complexity index is 393. The number of aliphatic hydroxyl groups is 8. The maximum Gasteiger partial charge on any atom is 0.224 e. The molecule has 0 aromatic carbocycles. The quantitative estimate of drug-likeness (QED) is 0.238. The average Bonchev–Trinajstić information content (AvgIpc) is 2.80. The van der Waals surface area contributed by atoms with Crippen molar-refractivity contribution >= 4 is 0 Å². The van der Waals surface area contributed by atoms with Crippen molar-refractivity contribution in [1.82, 2.24) is 0 Å². The van der Waals surface area contributed by atoms with Gasteiger partial charge in [0.1, 0.15) is 49.3 Å². The van der Waals surface area contributed by atoms with Gasteiger partial charge in [-0.15, -0.1) is 0 Å². The molecule has 0 aromatic rings. The molecule has 0 aromatic heterocycles. The minimum atomic E-state index is -2.22. The molecule has 2 saturated heterocycles. The zero-order valence-electron chi connectivity index (χ0n) is 12.0. The zero-order valence-corrected chi connectivity index (χ0v) is 12.0. The molecule has 0 spiro atoms. The molecule has 136 valence electrons. The van der Waals surface area contributed by atoms with Crippen molar-refractivity contribution in [1.29, 1.82) is 0 Å². The maximum absolute atomic E-state index is 10.00. The Morgan fingerprint density at radius 1 is 0.783 bits per heavy atom. The molecule has 2 fully saturated rings. The van der Waals surface area contributed by atoms with E-state index in [1.807, 2.05) is 0 Å². The summed E-state index contributed by atoms with van der Waals surface area (Å²) in [5, 5.41) is 76.7. The molecule has 0 aliphatic carbocycles. The number of ether oxygens (including phenoxy) is 3. The van der Waals surface area contributed by atoms with Gasteiger partial charge in [0, 0.05) is 0 Å². The average molecular weight is 342 g/mol. The molecule has 8 N–H and O–H groups in total. The molecule has 9 atom stereocenters. The Morgan fingerprint density at radius 3 is 1.87 bits per heavy atom. The van der Waals surface area contributed by atoms with Crippen LogP contribution in [0.15, 0.2) is 0 Å². The Balaban J connectivity index is 2.18. The summed E-state index contributed by atoms with van der Waals surface area (Å²) in [6.07, 6.45) is -12.7. The molecule has 2 aliphatic heterocycles. The van der Waals surface area contributed by atoms with Crippen LogP contribution < -0.4 is 0 Å². The van der Waals surface area contributed by atoms with Crippen molar-refractivity contribution in [3.05, 3.63) is 0 Å². The van der Waals surface area contributed by atoms with Crippen LogP contribution in [0.2, 0.25) is 0 Å². The molecule has 0 radical (unpaired) electrons. The largest absolute Gasteiger partial charge is 0.394 e. The van der Waals surface area contributed by atoms with Crippen molar-refractivity contribution in [3.8, 4) is 0 Å². The highest BCUT2D eigenvalue weighted by atomic mass is 16.8. The first-order chi connectivity index (χ1) is 10.8. The molecular formula is C12H22O11. The molecule has 0 amide bonds. The van der Waals surface area contributed by atoms with Gasteiger partial charge in [-0.05, 0) is 0 Å². The molecule has 0 bridgehead atoms. The van der Waals surface area contributed by atoms with Crippen molar-refractivity contribution in [2.45, 2.75) is 54.8 Å². The fourth-order valence-corrected chi connectivity index (χ4v) is 2.63. The lowest BCUT2D eigenvalue weighted by atomic mass is 9.99. The summed E-state index contributed by atoms with van der Waals surface area (Å²) in [6.45, 7) is -2.32. The van der Waals surface area contributed by atoms with E-state index in [1.54, 1.807) is 0 Å². The van der Waals surface area contributed by atoms with Crippen LogP contribution >= 0.6 is 0 Å². The highest BCUT2D eigenvalue weighted by Gasteiger charge is 2.58. The van der Waals surface area contributed by atoms with Gasteiger partial charge in [0.05, 0.1) is 13.2 Å². The Kier molecular flexibility index (Phi) is 5.92. The van der Waals surface area contributed by atoms with E-state index in [2.05, 4.69) is 0 Å². The van der Waals surface area contributed by atoms with Crippen LogP contribution in [-0.4, -0.2) is 115 Å². The molecule has 2 aliphatic rings. The number of aliphatic hydroxyl groups excluding tert-OH is 8. The van der Waals surface area contributed by atoms with Crippen molar-refractivity contribution in [2.24, 2.45) is 0 Å². The van der Waals surface area contributed by atoms with Gasteiger partial charge in [-0.25, -0.2) is 0 Å². The third-order valence-electron chi connectivity index (χ3n) is 4.07. The van der Waals surface area contributed by atoms with Gasteiger partial charge in [0.2, 0.25) is 5.79 Å². The summed E-state index contributed by atoms with van der Waals surface area (Å²) in [6, 6.07) is 0. The van der Waals surface area contributed by atoms with E-state index in [-0.39, 0.29) is 0 Å². The maximum atomic E-state index is 10.00. The minimum Gasteiger partial charge on any atom is -0.394 e. The normalized spacial score (nSPS) is 51.1. The van der Waals surface area contributed by atoms with Gasteiger partial charge in [0.25, 0.3) is 0 Å². The number of rotatable bonds is 5. The number of hydrogen-bond acceptors (Lipinski definition) is 11. The standard InChI is InChI=1S/C12H22O11/c13-1-4-6(16)8(18)9(19)11(21-4)23-12(3-15)10(20)7(17)5(2-14)22-12/h4-11,13-20H,1-3H2/t4-,5-,6+,7-,8+,9-,10+,11?,12-/m1/s1. The van der Waals surface area contributed by atoms with E-state index in [0.29, 0.717) is 0 Å². The van der Waals surface area contributed by atoms with E-state index in [0.717, 1.165) is 0 Å². The van der Waals surface area contributed by atoms with Crippen LogP contribution in [-0.2, 0) is 14.2 Å². The summed E-state index contributed by atoms with van der Waals surface area (Å²) in [7, 11) is 0. The fraction of sp³-hybridized carbons (Fsp3) is 1.00. The monoisotopic (exact) mass is 342 g/mol. The van der Waals surface area contributed by atoms with E-state index < -0.39 is 74.6 Å².